The van der Waals surface area contributed by atoms with Gasteiger partial charge in [-0.05, 0) is 6.92 Å². The van der Waals surface area contributed by atoms with Crippen molar-refractivity contribution >= 4 is 5.95 Å². The molecule has 0 aliphatic carbocycles. The molecule has 0 radical (unpaired) electrons. The van der Waals surface area contributed by atoms with E-state index in [0.717, 1.165) is 0 Å². The molecule has 0 aromatic carbocycles. The molecular formula is C7H9F2N3O. The van der Waals surface area contributed by atoms with E-state index in [4.69, 9.17) is 0 Å². The van der Waals surface area contributed by atoms with Gasteiger partial charge in [0.05, 0.1) is 12.4 Å². The molecule has 4 nitrogen and oxygen atoms in total. The van der Waals surface area contributed by atoms with Gasteiger partial charge in [0, 0.05) is 6.54 Å². The molecule has 13 heavy (non-hydrogen) atoms. The molecule has 1 N–H and O–H groups in total. The predicted molar refractivity (Wildman–Crippen MR) is 42.8 cm³/mol. The highest BCUT2D eigenvalue weighted by Gasteiger charge is 2.04. The first-order valence-corrected chi connectivity index (χ1v) is 3.73. The first-order chi connectivity index (χ1) is 6.22. The zero-order valence-electron chi connectivity index (χ0n) is 7.00. The molecule has 0 saturated carbocycles. The summed E-state index contributed by atoms with van der Waals surface area (Å²) >= 11 is 0. The van der Waals surface area contributed by atoms with Crippen LogP contribution in [0, 0.1) is 0 Å². The van der Waals surface area contributed by atoms with Crippen molar-refractivity contribution in [1.29, 1.82) is 0 Å². The van der Waals surface area contributed by atoms with E-state index in [9.17, 15) is 8.78 Å². The van der Waals surface area contributed by atoms with Crippen LogP contribution in [0.3, 0.4) is 0 Å². The molecule has 1 aromatic rings. The highest BCUT2D eigenvalue weighted by Crippen LogP contribution is 2.11. The molecule has 0 amide bonds. The highest BCUT2D eigenvalue weighted by molar-refractivity contribution is 5.26. The first kappa shape index (κ1) is 9.63. The van der Waals surface area contributed by atoms with E-state index in [-0.39, 0.29) is 5.75 Å². The molecule has 72 valence electrons. The molecule has 1 heterocycles. The van der Waals surface area contributed by atoms with E-state index in [1.54, 1.807) is 0 Å². The molecule has 0 bridgehead atoms. The maximum atomic E-state index is 11.7. The fraction of sp³-hybridized carbons (Fsp3) is 0.429. The summed E-state index contributed by atoms with van der Waals surface area (Å²) in [6, 6.07) is 0. The number of ether oxygens (including phenoxy) is 1. The lowest BCUT2D eigenvalue weighted by Crippen LogP contribution is -2.05. The molecular weight excluding hydrogens is 180 g/mol. The summed E-state index contributed by atoms with van der Waals surface area (Å²) < 4.78 is 27.4. The van der Waals surface area contributed by atoms with Gasteiger partial charge in [-0.3, -0.25) is 0 Å². The Morgan fingerprint density at radius 2 is 2.08 bits per heavy atom. The van der Waals surface area contributed by atoms with Gasteiger partial charge < -0.3 is 10.1 Å². The largest absolute Gasteiger partial charge is 0.432 e. The van der Waals surface area contributed by atoms with Crippen LogP contribution < -0.4 is 10.1 Å². The van der Waals surface area contributed by atoms with Crippen molar-refractivity contribution in [2.45, 2.75) is 13.5 Å². The molecule has 0 fully saturated rings. The zero-order valence-corrected chi connectivity index (χ0v) is 7.00. The van der Waals surface area contributed by atoms with Crippen LogP contribution in [0.25, 0.3) is 0 Å². The highest BCUT2D eigenvalue weighted by atomic mass is 19.3. The fourth-order valence-corrected chi connectivity index (χ4v) is 0.729. The van der Waals surface area contributed by atoms with Crippen LogP contribution in [0.5, 0.6) is 5.75 Å². The average molecular weight is 189 g/mol. The van der Waals surface area contributed by atoms with Crippen LogP contribution in [-0.2, 0) is 0 Å². The normalized spacial score (nSPS) is 10.2. The van der Waals surface area contributed by atoms with E-state index in [1.807, 2.05) is 6.92 Å². The maximum Gasteiger partial charge on any atom is 0.387 e. The van der Waals surface area contributed by atoms with Crippen molar-refractivity contribution < 1.29 is 13.5 Å². The van der Waals surface area contributed by atoms with Gasteiger partial charge in [0.15, 0.2) is 5.75 Å². The van der Waals surface area contributed by atoms with Crippen LogP contribution in [0.4, 0.5) is 14.7 Å². The number of rotatable bonds is 4. The SMILES string of the molecule is CCNc1ncc(OC(F)F)cn1. The molecule has 6 heteroatoms. The third-order valence-electron chi connectivity index (χ3n) is 1.19. The molecule has 0 atom stereocenters. The lowest BCUT2D eigenvalue weighted by Gasteiger charge is -2.04. The van der Waals surface area contributed by atoms with Gasteiger partial charge in [-0.25, -0.2) is 9.97 Å². The van der Waals surface area contributed by atoms with Crippen LogP contribution in [0.1, 0.15) is 6.92 Å². The Kier molecular flexibility index (Phi) is 3.36. The standard InChI is InChI=1S/C7H9F2N3O/c1-2-10-7-11-3-5(4-12-7)13-6(8)9/h3-4,6H,2H2,1H3,(H,10,11,12). The van der Waals surface area contributed by atoms with E-state index in [2.05, 4.69) is 20.0 Å². The minimum absolute atomic E-state index is 0.0448. The summed E-state index contributed by atoms with van der Waals surface area (Å²) in [5, 5.41) is 2.82. The first-order valence-electron chi connectivity index (χ1n) is 3.73. The molecule has 0 aliphatic rings. The third-order valence-corrected chi connectivity index (χ3v) is 1.19. The van der Waals surface area contributed by atoms with Crippen LogP contribution >= 0.6 is 0 Å². The average Bonchev–Trinajstić information content (AvgIpc) is 2.08. The number of anilines is 1. The Hall–Kier alpha value is -1.46. The maximum absolute atomic E-state index is 11.7. The Balaban J connectivity index is 2.59. The lowest BCUT2D eigenvalue weighted by atomic mass is 10.6. The van der Waals surface area contributed by atoms with Crippen molar-refractivity contribution in [2.75, 3.05) is 11.9 Å². The summed E-state index contributed by atoms with van der Waals surface area (Å²) in [4.78, 5) is 7.48. The molecule has 0 aliphatic heterocycles. The second kappa shape index (κ2) is 4.54. The Morgan fingerprint density at radius 3 is 2.54 bits per heavy atom. The van der Waals surface area contributed by atoms with E-state index < -0.39 is 6.61 Å². The summed E-state index contributed by atoms with van der Waals surface area (Å²) in [6.45, 7) is -0.282. The van der Waals surface area contributed by atoms with Gasteiger partial charge in [0.1, 0.15) is 0 Å². The van der Waals surface area contributed by atoms with E-state index in [1.165, 1.54) is 12.4 Å². The Labute approximate surface area is 74.0 Å². The van der Waals surface area contributed by atoms with Crippen LogP contribution in [0.15, 0.2) is 12.4 Å². The summed E-state index contributed by atoms with van der Waals surface area (Å²) in [7, 11) is 0. The van der Waals surface area contributed by atoms with Crippen molar-refractivity contribution in [1.82, 2.24) is 9.97 Å². The number of hydrogen-bond acceptors (Lipinski definition) is 4. The molecule has 1 rings (SSSR count). The summed E-state index contributed by atoms with van der Waals surface area (Å²) in [6.07, 6.45) is 2.38. The Morgan fingerprint density at radius 1 is 1.46 bits per heavy atom. The molecule has 0 spiro atoms. The predicted octanol–water partition coefficient (Wildman–Crippen LogP) is 1.51. The minimum atomic E-state index is -2.84. The van der Waals surface area contributed by atoms with Gasteiger partial charge in [-0.2, -0.15) is 8.78 Å². The lowest BCUT2D eigenvalue weighted by molar-refractivity contribution is -0.0503. The smallest absolute Gasteiger partial charge is 0.387 e. The number of nitrogens with zero attached hydrogens (tertiary/aromatic N) is 2. The minimum Gasteiger partial charge on any atom is -0.432 e. The van der Waals surface area contributed by atoms with Gasteiger partial charge in [0.2, 0.25) is 5.95 Å². The molecule has 0 unspecified atom stereocenters. The van der Waals surface area contributed by atoms with E-state index in [0.29, 0.717) is 12.5 Å². The van der Waals surface area contributed by atoms with E-state index >= 15 is 0 Å². The van der Waals surface area contributed by atoms with Gasteiger partial charge in [-0.15, -0.1) is 0 Å². The van der Waals surface area contributed by atoms with Crippen molar-refractivity contribution in [3.8, 4) is 5.75 Å². The van der Waals surface area contributed by atoms with Crippen molar-refractivity contribution in [3.05, 3.63) is 12.4 Å². The topological polar surface area (TPSA) is 47.0 Å². The second-order valence-corrected chi connectivity index (χ2v) is 2.15. The Bertz CT molecular complexity index is 252. The van der Waals surface area contributed by atoms with Gasteiger partial charge in [0.25, 0.3) is 0 Å². The molecule has 0 saturated heterocycles. The number of alkyl halides is 2. The summed E-state index contributed by atoms with van der Waals surface area (Å²) in [5.41, 5.74) is 0. The van der Waals surface area contributed by atoms with Crippen LogP contribution in [0.2, 0.25) is 0 Å². The number of aromatic nitrogens is 2. The fourth-order valence-electron chi connectivity index (χ4n) is 0.729. The van der Waals surface area contributed by atoms with Crippen molar-refractivity contribution in [2.24, 2.45) is 0 Å². The third kappa shape index (κ3) is 3.18. The zero-order chi connectivity index (χ0) is 9.68. The summed E-state index contributed by atoms with van der Waals surface area (Å²) in [5.74, 6) is 0.348. The number of halogens is 2. The van der Waals surface area contributed by atoms with Crippen molar-refractivity contribution in [3.63, 3.8) is 0 Å². The van der Waals surface area contributed by atoms with Gasteiger partial charge in [-0.1, -0.05) is 0 Å². The van der Waals surface area contributed by atoms with Crippen LogP contribution in [-0.4, -0.2) is 23.1 Å². The number of nitrogens with one attached hydrogen (secondary N) is 1. The monoisotopic (exact) mass is 189 g/mol. The second-order valence-electron chi connectivity index (χ2n) is 2.15. The number of hydrogen-bond donors (Lipinski definition) is 1. The van der Waals surface area contributed by atoms with Gasteiger partial charge >= 0.3 is 6.61 Å². The quantitative estimate of drug-likeness (QED) is 0.779. The molecule has 1 aromatic heterocycles.